The highest BCUT2D eigenvalue weighted by Crippen LogP contribution is 2.45. The van der Waals surface area contributed by atoms with Gasteiger partial charge in [0.1, 0.15) is 17.6 Å². The van der Waals surface area contributed by atoms with Crippen LogP contribution >= 0.6 is 0 Å². The lowest BCUT2D eigenvalue weighted by Crippen LogP contribution is -2.24. The molecular weight excluding hydrogens is 590 g/mol. The van der Waals surface area contributed by atoms with Crippen LogP contribution in [0.15, 0.2) is 66.7 Å². The topological polar surface area (TPSA) is 102 Å². The molecule has 0 aromatic heterocycles. The van der Waals surface area contributed by atoms with Crippen LogP contribution in [0.5, 0.6) is 11.5 Å². The van der Waals surface area contributed by atoms with Crippen molar-refractivity contribution in [2.24, 2.45) is 5.92 Å². The molecule has 1 fully saturated rings. The molecule has 3 aromatic rings. The van der Waals surface area contributed by atoms with E-state index in [0.717, 1.165) is 58.7 Å². The highest BCUT2D eigenvalue weighted by atomic mass is 16.5. The molecule has 2 aliphatic rings. The Balaban J connectivity index is 1.30. The number of amides is 1. The van der Waals surface area contributed by atoms with E-state index in [0.29, 0.717) is 18.8 Å². The van der Waals surface area contributed by atoms with Crippen molar-refractivity contribution in [2.45, 2.75) is 115 Å². The highest BCUT2D eigenvalue weighted by Gasteiger charge is 2.30. The van der Waals surface area contributed by atoms with E-state index in [1.807, 2.05) is 48.5 Å². The number of carboxylic acid groups (broad SMARTS) is 1. The summed E-state index contributed by atoms with van der Waals surface area (Å²) in [5.41, 5.74) is 4.77. The second-order valence-electron chi connectivity index (χ2n) is 14.3. The molecule has 1 atom stereocenters. The number of carbonyl (C=O) groups is 3. The first-order valence-electron chi connectivity index (χ1n) is 17.3. The van der Waals surface area contributed by atoms with E-state index in [4.69, 9.17) is 14.6 Å². The van der Waals surface area contributed by atoms with Crippen LogP contribution in [0.25, 0.3) is 0 Å². The van der Waals surface area contributed by atoms with Crippen LogP contribution < -0.4 is 10.1 Å². The van der Waals surface area contributed by atoms with Gasteiger partial charge >= 0.3 is 11.9 Å². The van der Waals surface area contributed by atoms with E-state index in [-0.39, 0.29) is 55.0 Å². The van der Waals surface area contributed by atoms with Gasteiger partial charge in [0, 0.05) is 42.0 Å². The first kappa shape index (κ1) is 34.2. The number of rotatable bonds is 13. The number of benzene rings is 3. The minimum absolute atomic E-state index is 0.0371. The molecular formula is C40H49NO6. The predicted molar refractivity (Wildman–Crippen MR) is 184 cm³/mol. The summed E-state index contributed by atoms with van der Waals surface area (Å²) in [7, 11) is 0. The van der Waals surface area contributed by atoms with Gasteiger partial charge in [-0.25, -0.2) is 0 Å². The zero-order valence-electron chi connectivity index (χ0n) is 28.1. The number of anilines is 1. The summed E-state index contributed by atoms with van der Waals surface area (Å²) in [4.78, 5) is 37.4. The molecule has 3 aromatic carbocycles. The third-order valence-corrected chi connectivity index (χ3v) is 9.51. The Labute approximate surface area is 279 Å². The van der Waals surface area contributed by atoms with Gasteiger partial charge in [0.05, 0.1) is 0 Å². The number of hydrogen-bond acceptors (Lipinski definition) is 5. The number of esters is 1. The van der Waals surface area contributed by atoms with Gasteiger partial charge in [0.2, 0.25) is 5.91 Å². The number of fused-ring (bicyclic) bond motifs is 2. The summed E-state index contributed by atoms with van der Waals surface area (Å²) in [6.45, 7) is 6.44. The maximum Gasteiger partial charge on any atom is 0.306 e. The van der Waals surface area contributed by atoms with Crippen molar-refractivity contribution >= 4 is 23.5 Å². The molecule has 1 unspecified atom stereocenters. The summed E-state index contributed by atoms with van der Waals surface area (Å²) in [6, 6.07) is 22.1. The molecule has 1 amide bonds. The molecule has 1 saturated carbocycles. The van der Waals surface area contributed by atoms with Crippen molar-refractivity contribution in [1.29, 1.82) is 0 Å². The Morgan fingerprint density at radius 2 is 1.57 bits per heavy atom. The van der Waals surface area contributed by atoms with Gasteiger partial charge in [-0.05, 0) is 66.3 Å². The van der Waals surface area contributed by atoms with Crippen LogP contribution in [0.2, 0.25) is 0 Å². The summed E-state index contributed by atoms with van der Waals surface area (Å²) in [5.74, 6) is 0.704. The van der Waals surface area contributed by atoms with E-state index < -0.39 is 5.97 Å². The third-order valence-electron chi connectivity index (χ3n) is 9.51. The fourth-order valence-electron chi connectivity index (χ4n) is 7.10. The molecule has 1 heterocycles. The average Bonchev–Trinajstić information content (AvgIpc) is 3.03. The fraction of sp³-hybridized carbons (Fsp3) is 0.475. The van der Waals surface area contributed by atoms with Gasteiger partial charge in [-0.3, -0.25) is 14.4 Å². The van der Waals surface area contributed by atoms with Crippen LogP contribution in [-0.2, 0) is 31.0 Å². The maximum absolute atomic E-state index is 13.8. The molecule has 0 radical (unpaired) electrons. The number of para-hydroxylation sites is 2. The van der Waals surface area contributed by atoms with Gasteiger partial charge in [0.25, 0.3) is 0 Å². The Hall–Kier alpha value is -4.13. The van der Waals surface area contributed by atoms with Crippen molar-refractivity contribution in [2.75, 3.05) is 5.32 Å². The number of hydrogen-bond donors (Lipinski definition) is 2. The van der Waals surface area contributed by atoms with Crippen LogP contribution in [0.4, 0.5) is 5.69 Å². The SMILES string of the molecule is CC(C)(C)c1ccc(CCC(CC2CCCCC2)OC(=O)CCCC(=O)O)cc1NC(=O)CC1c2ccccc2Oc2ccccc21. The fourth-order valence-corrected chi connectivity index (χ4v) is 7.10. The largest absolute Gasteiger partial charge is 0.481 e. The highest BCUT2D eigenvalue weighted by molar-refractivity contribution is 5.93. The van der Waals surface area contributed by atoms with Crippen molar-refractivity contribution in [3.8, 4) is 11.5 Å². The molecule has 0 saturated heterocycles. The molecule has 7 nitrogen and oxygen atoms in total. The van der Waals surface area contributed by atoms with E-state index in [2.05, 4.69) is 44.3 Å². The number of ether oxygens (including phenoxy) is 2. The lowest BCUT2D eigenvalue weighted by Gasteiger charge is -2.29. The summed E-state index contributed by atoms with van der Waals surface area (Å²) < 4.78 is 12.1. The van der Waals surface area contributed by atoms with Gasteiger partial charge in [-0.15, -0.1) is 0 Å². The summed E-state index contributed by atoms with van der Waals surface area (Å²) in [6.07, 6.45) is 8.66. The Bertz CT molecular complexity index is 1500. The summed E-state index contributed by atoms with van der Waals surface area (Å²) in [5, 5.41) is 12.2. The first-order chi connectivity index (χ1) is 22.6. The number of aryl methyl sites for hydroxylation is 1. The first-order valence-corrected chi connectivity index (χ1v) is 17.3. The zero-order valence-corrected chi connectivity index (χ0v) is 28.1. The monoisotopic (exact) mass is 639 g/mol. The molecule has 1 aliphatic heterocycles. The summed E-state index contributed by atoms with van der Waals surface area (Å²) >= 11 is 0. The van der Waals surface area contributed by atoms with Crippen LogP contribution in [0, 0.1) is 5.92 Å². The maximum atomic E-state index is 13.8. The molecule has 47 heavy (non-hydrogen) atoms. The Morgan fingerprint density at radius 1 is 0.915 bits per heavy atom. The normalized spacial score (nSPS) is 15.6. The Kier molecular flexibility index (Phi) is 11.4. The number of carbonyl (C=O) groups excluding carboxylic acids is 2. The van der Waals surface area contributed by atoms with Gasteiger partial charge in [-0.2, -0.15) is 0 Å². The molecule has 5 rings (SSSR count). The smallest absolute Gasteiger partial charge is 0.306 e. The average molecular weight is 640 g/mol. The van der Waals surface area contributed by atoms with Crippen LogP contribution in [0.1, 0.15) is 120 Å². The standard InChI is InChI=1S/C40H49NO6/c1-40(2,3)33-23-21-28(20-22-29(24-27-12-5-4-6-13-27)46-39(45)19-11-18-38(43)44)25-34(33)41-37(42)26-32-30-14-7-9-16-35(30)47-36-17-10-8-15-31(32)36/h7-10,14-17,21,23,25,27,29,32H,4-6,11-13,18-20,22,24,26H2,1-3H3,(H,41,42)(H,43,44). The van der Waals surface area contributed by atoms with E-state index >= 15 is 0 Å². The minimum Gasteiger partial charge on any atom is -0.481 e. The predicted octanol–water partition coefficient (Wildman–Crippen LogP) is 9.32. The lowest BCUT2D eigenvalue weighted by atomic mass is 9.83. The Morgan fingerprint density at radius 3 is 2.21 bits per heavy atom. The van der Waals surface area contributed by atoms with Gasteiger partial charge in [0.15, 0.2) is 0 Å². The van der Waals surface area contributed by atoms with Crippen molar-refractivity contribution in [1.82, 2.24) is 0 Å². The van der Waals surface area contributed by atoms with Crippen molar-refractivity contribution < 1.29 is 29.0 Å². The third kappa shape index (κ3) is 9.46. The second kappa shape index (κ2) is 15.6. The van der Waals surface area contributed by atoms with E-state index in [1.165, 1.54) is 19.3 Å². The molecule has 0 spiro atoms. The molecule has 7 heteroatoms. The van der Waals surface area contributed by atoms with Gasteiger partial charge < -0.3 is 19.9 Å². The molecule has 250 valence electrons. The quantitative estimate of drug-likeness (QED) is 0.181. The number of carboxylic acids is 1. The van der Waals surface area contributed by atoms with E-state index in [9.17, 15) is 14.4 Å². The minimum atomic E-state index is -0.902. The van der Waals surface area contributed by atoms with Crippen LogP contribution in [-0.4, -0.2) is 29.1 Å². The molecule has 2 N–H and O–H groups in total. The lowest BCUT2D eigenvalue weighted by molar-refractivity contribution is -0.150. The molecule has 1 aliphatic carbocycles. The second-order valence-corrected chi connectivity index (χ2v) is 14.3. The zero-order chi connectivity index (χ0) is 33.4. The molecule has 0 bridgehead atoms. The number of aliphatic carboxylic acids is 1. The van der Waals surface area contributed by atoms with Crippen molar-refractivity contribution in [3.05, 3.63) is 89.0 Å². The van der Waals surface area contributed by atoms with Crippen molar-refractivity contribution in [3.63, 3.8) is 0 Å². The van der Waals surface area contributed by atoms with Crippen LogP contribution in [0.3, 0.4) is 0 Å². The number of nitrogens with one attached hydrogen (secondary N) is 1. The van der Waals surface area contributed by atoms with E-state index in [1.54, 1.807) is 0 Å². The van der Waals surface area contributed by atoms with Gasteiger partial charge in [-0.1, -0.05) is 101 Å².